The molecule has 2 amide bonds. The van der Waals surface area contributed by atoms with E-state index in [1.54, 1.807) is 7.11 Å². The summed E-state index contributed by atoms with van der Waals surface area (Å²) in [6.07, 6.45) is 2.18. The second-order valence-corrected chi connectivity index (χ2v) is 5.57. The van der Waals surface area contributed by atoms with E-state index in [9.17, 15) is 9.59 Å². The molecule has 0 radical (unpaired) electrons. The zero-order valence-electron chi connectivity index (χ0n) is 11.9. The number of hydrogen-bond acceptors (Lipinski definition) is 3. The Bertz CT molecular complexity index is 327. The second-order valence-electron chi connectivity index (χ2n) is 5.57. The van der Waals surface area contributed by atoms with E-state index in [0.717, 1.165) is 6.42 Å². The molecule has 1 fully saturated rings. The zero-order chi connectivity index (χ0) is 14.5. The van der Waals surface area contributed by atoms with Crippen LogP contribution in [0.5, 0.6) is 0 Å². The minimum absolute atomic E-state index is 0.0767. The van der Waals surface area contributed by atoms with E-state index in [0.29, 0.717) is 19.4 Å². The lowest BCUT2D eigenvalue weighted by Crippen LogP contribution is -2.52. The summed E-state index contributed by atoms with van der Waals surface area (Å²) in [4.78, 5) is 22.9. The highest BCUT2D eigenvalue weighted by Gasteiger charge is 2.44. The molecule has 0 spiro atoms. The minimum Gasteiger partial charge on any atom is -0.481 e. The van der Waals surface area contributed by atoms with E-state index < -0.39 is 11.4 Å². The molecule has 1 unspecified atom stereocenters. The number of ether oxygens (including phenoxy) is 1. The maximum atomic E-state index is 11.8. The first-order valence-electron chi connectivity index (χ1n) is 6.68. The summed E-state index contributed by atoms with van der Waals surface area (Å²) in [7, 11) is 1.59. The number of urea groups is 1. The van der Waals surface area contributed by atoms with Crippen molar-refractivity contribution < 1.29 is 19.4 Å². The molecule has 6 heteroatoms. The van der Waals surface area contributed by atoms with E-state index >= 15 is 0 Å². The summed E-state index contributed by atoms with van der Waals surface area (Å²) in [5.41, 5.74) is -0.758. The molecule has 0 aromatic rings. The molecule has 0 saturated heterocycles. The average molecular weight is 272 g/mol. The summed E-state index contributed by atoms with van der Waals surface area (Å²) in [6.45, 7) is 4.62. The van der Waals surface area contributed by atoms with Gasteiger partial charge < -0.3 is 20.5 Å². The molecule has 1 atom stereocenters. The summed E-state index contributed by atoms with van der Waals surface area (Å²) in [5, 5.41) is 14.6. The van der Waals surface area contributed by atoms with Gasteiger partial charge in [-0.15, -0.1) is 0 Å². The fourth-order valence-electron chi connectivity index (χ4n) is 2.12. The van der Waals surface area contributed by atoms with Gasteiger partial charge in [-0.1, -0.05) is 20.3 Å². The van der Waals surface area contributed by atoms with Crippen LogP contribution in [0.3, 0.4) is 0 Å². The highest BCUT2D eigenvalue weighted by Crippen LogP contribution is 2.40. The molecule has 3 N–H and O–H groups in total. The molecule has 0 aliphatic heterocycles. The van der Waals surface area contributed by atoms with Gasteiger partial charge in [0.1, 0.15) is 0 Å². The summed E-state index contributed by atoms with van der Waals surface area (Å²) in [5.74, 6) is -0.570. The number of carbonyl (C=O) groups excluding carboxylic acids is 1. The monoisotopic (exact) mass is 272 g/mol. The lowest BCUT2D eigenvalue weighted by molar-refractivity contribution is -0.153. The van der Waals surface area contributed by atoms with Crippen LogP contribution in [0.25, 0.3) is 0 Å². The van der Waals surface area contributed by atoms with Crippen LogP contribution in [0.1, 0.15) is 33.1 Å². The Hall–Kier alpha value is -1.30. The molecule has 6 nitrogen and oxygen atoms in total. The predicted molar refractivity (Wildman–Crippen MR) is 71.0 cm³/mol. The van der Waals surface area contributed by atoms with Gasteiger partial charge in [-0.05, 0) is 18.8 Å². The van der Waals surface area contributed by atoms with Crippen molar-refractivity contribution in [2.24, 2.45) is 11.3 Å². The van der Waals surface area contributed by atoms with Crippen molar-refractivity contribution in [1.82, 2.24) is 10.6 Å². The summed E-state index contributed by atoms with van der Waals surface area (Å²) in [6, 6.07) is -0.407. The first kappa shape index (κ1) is 15.8. The molecule has 1 aliphatic carbocycles. The van der Waals surface area contributed by atoms with E-state index in [1.807, 2.05) is 13.8 Å². The SMILES string of the molecule is COCC(NC(=O)NCC1(C(=O)O)CCC1)C(C)C. The minimum atomic E-state index is -0.823. The van der Waals surface area contributed by atoms with Gasteiger partial charge in [0.25, 0.3) is 0 Å². The first-order valence-corrected chi connectivity index (χ1v) is 6.68. The Morgan fingerprint density at radius 1 is 1.37 bits per heavy atom. The average Bonchev–Trinajstić information content (AvgIpc) is 2.26. The largest absolute Gasteiger partial charge is 0.481 e. The number of hydrogen-bond donors (Lipinski definition) is 3. The van der Waals surface area contributed by atoms with Gasteiger partial charge in [-0.2, -0.15) is 0 Å². The third-order valence-electron chi connectivity index (χ3n) is 3.82. The molecule has 0 aromatic carbocycles. The molecule has 1 saturated carbocycles. The molecular formula is C13H24N2O4. The molecule has 110 valence electrons. The first-order chi connectivity index (χ1) is 8.91. The standard InChI is InChI=1S/C13H24N2O4/c1-9(2)10(7-19-3)15-12(18)14-8-13(11(16)17)5-4-6-13/h9-10H,4-8H2,1-3H3,(H,16,17)(H2,14,15,18). The van der Waals surface area contributed by atoms with Gasteiger partial charge >= 0.3 is 12.0 Å². The number of rotatable bonds is 7. The van der Waals surface area contributed by atoms with E-state index in [4.69, 9.17) is 9.84 Å². The van der Waals surface area contributed by atoms with E-state index in [-0.39, 0.29) is 24.5 Å². The highest BCUT2D eigenvalue weighted by atomic mass is 16.5. The summed E-state index contributed by atoms with van der Waals surface area (Å²) < 4.78 is 5.05. The van der Waals surface area contributed by atoms with E-state index in [2.05, 4.69) is 10.6 Å². The van der Waals surface area contributed by atoms with Crippen LogP contribution in [-0.2, 0) is 9.53 Å². The van der Waals surface area contributed by atoms with E-state index in [1.165, 1.54) is 0 Å². The lowest BCUT2D eigenvalue weighted by Gasteiger charge is -2.37. The Balaban J connectivity index is 2.40. The van der Waals surface area contributed by atoms with Crippen LogP contribution < -0.4 is 10.6 Å². The lowest BCUT2D eigenvalue weighted by atomic mass is 9.69. The summed E-state index contributed by atoms with van der Waals surface area (Å²) >= 11 is 0. The van der Waals surface area contributed by atoms with Crippen molar-refractivity contribution in [3.8, 4) is 0 Å². The van der Waals surface area contributed by atoms with Gasteiger partial charge in [0, 0.05) is 13.7 Å². The Kier molecular flexibility index (Phi) is 5.60. The number of aliphatic carboxylic acids is 1. The van der Waals surface area contributed by atoms with Gasteiger partial charge in [0.05, 0.1) is 18.1 Å². The fraction of sp³-hybridized carbons (Fsp3) is 0.846. The third kappa shape index (κ3) is 4.09. The van der Waals surface area contributed by atoms with Crippen molar-refractivity contribution >= 4 is 12.0 Å². The number of carboxylic acids is 1. The molecule has 1 aliphatic rings. The van der Waals surface area contributed by atoms with Crippen LogP contribution >= 0.6 is 0 Å². The fourth-order valence-corrected chi connectivity index (χ4v) is 2.12. The van der Waals surface area contributed by atoms with Crippen molar-refractivity contribution in [3.63, 3.8) is 0 Å². The van der Waals surface area contributed by atoms with Crippen LogP contribution in [0, 0.1) is 11.3 Å². The van der Waals surface area contributed by atoms with Crippen molar-refractivity contribution in [2.75, 3.05) is 20.3 Å². The molecule has 0 bridgehead atoms. The molecule has 0 heterocycles. The Labute approximate surface area is 113 Å². The topological polar surface area (TPSA) is 87.7 Å². The third-order valence-corrected chi connectivity index (χ3v) is 3.82. The molecular weight excluding hydrogens is 248 g/mol. The Morgan fingerprint density at radius 3 is 2.37 bits per heavy atom. The number of nitrogens with one attached hydrogen (secondary N) is 2. The van der Waals surface area contributed by atoms with Crippen molar-refractivity contribution in [1.29, 1.82) is 0 Å². The zero-order valence-corrected chi connectivity index (χ0v) is 11.9. The molecule has 1 rings (SSSR count). The van der Waals surface area contributed by atoms with Crippen LogP contribution in [0.4, 0.5) is 4.79 Å². The van der Waals surface area contributed by atoms with Gasteiger partial charge in [0.2, 0.25) is 0 Å². The van der Waals surface area contributed by atoms with Crippen LogP contribution in [-0.4, -0.2) is 43.4 Å². The van der Waals surface area contributed by atoms with Gasteiger partial charge in [-0.3, -0.25) is 4.79 Å². The normalized spacial score (nSPS) is 18.5. The number of amides is 2. The van der Waals surface area contributed by atoms with Crippen LogP contribution in [0.2, 0.25) is 0 Å². The van der Waals surface area contributed by atoms with Gasteiger partial charge in [0.15, 0.2) is 0 Å². The smallest absolute Gasteiger partial charge is 0.315 e. The number of carbonyl (C=O) groups is 2. The highest BCUT2D eigenvalue weighted by molar-refractivity contribution is 5.79. The quantitative estimate of drug-likeness (QED) is 0.650. The Morgan fingerprint density at radius 2 is 2.00 bits per heavy atom. The second kappa shape index (κ2) is 6.75. The molecule has 19 heavy (non-hydrogen) atoms. The number of carboxylic acid groups (broad SMARTS) is 1. The van der Waals surface area contributed by atoms with Gasteiger partial charge in [-0.25, -0.2) is 4.79 Å². The number of methoxy groups -OCH3 is 1. The van der Waals surface area contributed by atoms with Crippen molar-refractivity contribution in [2.45, 2.75) is 39.2 Å². The van der Waals surface area contributed by atoms with Crippen LogP contribution in [0.15, 0.2) is 0 Å². The maximum Gasteiger partial charge on any atom is 0.315 e. The van der Waals surface area contributed by atoms with Crippen molar-refractivity contribution in [3.05, 3.63) is 0 Å². The maximum absolute atomic E-state index is 11.8. The molecule has 0 aromatic heterocycles. The predicted octanol–water partition coefficient (Wildman–Crippen LogP) is 1.21.